The summed E-state index contributed by atoms with van der Waals surface area (Å²) in [6.45, 7) is 3.08. The predicted molar refractivity (Wildman–Crippen MR) is 205 cm³/mol. The molecule has 3 N–H and O–H groups in total. The molecule has 1 aromatic carbocycles. The number of carbonyl (C=O) groups is 2. The van der Waals surface area contributed by atoms with Gasteiger partial charge in [0.25, 0.3) is 0 Å². The summed E-state index contributed by atoms with van der Waals surface area (Å²) in [6.07, 6.45) is -0.279. The number of alkyl halides is 3. The second kappa shape index (κ2) is 15.7. The summed E-state index contributed by atoms with van der Waals surface area (Å²) >= 11 is 7.11. The summed E-state index contributed by atoms with van der Waals surface area (Å²) in [5.74, 6) is 0.0198. The minimum atomic E-state index is -4.74. The third-order valence-electron chi connectivity index (χ3n) is 11.3. The zero-order chi connectivity index (χ0) is 39.9. The number of hydrogen-bond acceptors (Lipinski definition) is 10. The smallest absolute Gasteiger partial charge is 0.421 e. The number of benzene rings is 1. The molecule has 3 aliphatic heterocycles. The van der Waals surface area contributed by atoms with Crippen LogP contribution in [0, 0.1) is 5.41 Å². The van der Waals surface area contributed by atoms with E-state index in [-0.39, 0.29) is 35.7 Å². The van der Waals surface area contributed by atoms with Crippen molar-refractivity contribution in [3.8, 4) is 40.2 Å². The molecule has 0 bridgehead atoms. The number of nitrogens with one attached hydrogen (secondary N) is 3. The summed E-state index contributed by atoms with van der Waals surface area (Å²) in [5.41, 5.74) is 4.11. The highest BCUT2D eigenvalue weighted by molar-refractivity contribution is 6.35. The van der Waals surface area contributed by atoms with Crippen molar-refractivity contribution in [2.75, 3.05) is 40.4 Å². The van der Waals surface area contributed by atoms with E-state index < -0.39 is 23.7 Å². The van der Waals surface area contributed by atoms with Gasteiger partial charge in [0, 0.05) is 92.0 Å². The first kappa shape index (κ1) is 38.9. The first-order chi connectivity index (χ1) is 27.4. The Bertz CT molecular complexity index is 2200. The number of likely N-dealkylation sites (tertiary alicyclic amines) is 1. The monoisotopic (exact) mass is 805 g/mol. The highest BCUT2D eigenvalue weighted by atomic mass is 35.5. The van der Waals surface area contributed by atoms with Crippen LogP contribution in [0.2, 0.25) is 5.02 Å². The number of pyridine rings is 3. The lowest BCUT2D eigenvalue weighted by Gasteiger charge is -2.47. The van der Waals surface area contributed by atoms with Gasteiger partial charge in [0.2, 0.25) is 29.5 Å². The number of carbonyl (C=O) groups excluding carboxylic acids is 2. The van der Waals surface area contributed by atoms with Gasteiger partial charge in [-0.05, 0) is 55.0 Å². The molecule has 0 unspecified atom stereocenters. The second-order valence-corrected chi connectivity index (χ2v) is 15.7. The quantitative estimate of drug-likeness (QED) is 0.155. The topological polar surface area (TPSA) is 140 Å². The molecular formula is C41H43ClF3N7O5. The minimum Gasteiger partial charge on any atom is -0.481 e. The minimum absolute atomic E-state index is 0.00249. The van der Waals surface area contributed by atoms with Crippen LogP contribution < -0.4 is 30.2 Å². The second-order valence-electron chi connectivity index (χ2n) is 15.3. The first-order valence-corrected chi connectivity index (χ1v) is 19.4. The number of nitrogens with zero attached hydrogens (tertiary/aromatic N) is 4. The van der Waals surface area contributed by atoms with Crippen molar-refractivity contribution in [1.82, 2.24) is 35.8 Å². The average Bonchev–Trinajstić information content (AvgIpc) is 3.79. The van der Waals surface area contributed by atoms with Gasteiger partial charge in [-0.3, -0.25) is 19.5 Å². The van der Waals surface area contributed by atoms with E-state index in [0.717, 1.165) is 34.7 Å². The number of ether oxygens (including phenoxy) is 3. The molecule has 3 aromatic heterocycles. The normalized spacial score (nSPS) is 20.2. The fourth-order valence-electron chi connectivity index (χ4n) is 8.59. The van der Waals surface area contributed by atoms with Crippen molar-refractivity contribution in [2.24, 2.45) is 5.41 Å². The molecule has 4 aliphatic rings. The van der Waals surface area contributed by atoms with E-state index in [2.05, 4.69) is 25.9 Å². The van der Waals surface area contributed by atoms with Gasteiger partial charge in [0.15, 0.2) is 0 Å². The molecule has 300 valence electrons. The van der Waals surface area contributed by atoms with E-state index in [1.54, 1.807) is 19.4 Å². The molecule has 16 heteroatoms. The molecule has 8 rings (SSSR count). The molecule has 3 saturated heterocycles. The standard InChI is InChI=1S/C41H43ClF3N7O5/c1-55-37-23(17-46-18-25-10-12-33(53)49-25)9-11-31(50-37)29-13-14-47-36(35(29)42)28-7-3-6-27-26(28)5-4-8-32(27)57-39-30(41(43,44)45)15-24(38(51-39)56-2)19-52-21-40(22-52)16-34(54)48-20-40/h3,6-7,9,11,13-15,25,32,46H,4-5,8,10,12,16-22H2,1-2H3,(H,48,54)(H,49,53)/t25-,32-/m0/s1. The lowest BCUT2D eigenvalue weighted by molar-refractivity contribution is -0.140. The third kappa shape index (κ3) is 7.97. The van der Waals surface area contributed by atoms with Crippen molar-refractivity contribution < 1.29 is 37.0 Å². The SMILES string of the molecule is COc1nc(-c2ccnc(-c3cccc4c3CCC[C@@H]4Oc3nc(OC)c(CN4CC5(CNC(=O)C5)C4)cc3C(F)(F)F)c2Cl)ccc1CNC[C@@H]1CCC(=O)N1. The zero-order valence-corrected chi connectivity index (χ0v) is 32.4. The molecule has 0 radical (unpaired) electrons. The van der Waals surface area contributed by atoms with Gasteiger partial charge in [-0.1, -0.05) is 35.9 Å². The number of amides is 2. The average molecular weight is 806 g/mol. The zero-order valence-electron chi connectivity index (χ0n) is 31.6. The fourth-order valence-corrected chi connectivity index (χ4v) is 8.90. The summed E-state index contributed by atoms with van der Waals surface area (Å²) in [4.78, 5) is 39.1. The molecule has 12 nitrogen and oxygen atoms in total. The Morgan fingerprint density at radius 2 is 1.77 bits per heavy atom. The summed E-state index contributed by atoms with van der Waals surface area (Å²) in [6, 6.07) is 12.3. The van der Waals surface area contributed by atoms with Gasteiger partial charge in [0.05, 0.1) is 30.6 Å². The first-order valence-electron chi connectivity index (χ1n) is 19.1. The molecule has 0 saturated carbocycles. The molecule has 1 spiro atoms. The number of fused-ring (bicyclic) bond motifs is 1. The lowest BCUT2D eigenvalue weighted by Crippen LogP contribution is -2.56. The number of halogens is 4. The molecule has 1 aliphatic carbocycles. The van der Waals surface area contributed by atoms with Crippen LogP contribution in [0.5, 0.6) is 17.6 Å². The predicted octanol–water partition coefficient (Wildman–Crippen LogP) is 6.04. The van der Waals surface area contributed by atoms with Crippen molar-refractivity contribution in [1.29, 1.82) is 0 Å². The van der Waals surface area contributed by atoms with Crippen LogP contribution in [-0.2, 0) is 35.3 Å². The van der Waals surface area contributed by atoms with E-state index >= 15 is 0 Å². The Morgan fingerprint density at radius 3 is 2.49 bits per heavy atom. The molecule has 6 heterocycles. The van der Waals surface area contributed by atoms with E-state index in [1.807, 2.05) is 35.2 Å². The number of rotatable bonds is 12. The van der Waals surface area contributed by atoms with Crippen LogP contribution in [-0.4, -0.2) is 78.1 Å². The van der Waals surface area contributed by atoms with Crippen molar-refractivity contribution in [3.05, 3.63) is 81.5 Å². The maximum atomic E-state index is 14.7. The maximum Gasteiger partial charge on any atom is 0.421 e. The Morgan fingerprint density at radius 1 is 0.965 bits per heavy atom. The molecule has 2 atom stereocenters. The fraction of sp³-hybridized carbons (Fsp3) is 0.439. The molecular weight excluding hydrogens is 763 g/mol. The van der Waals surface area contributed by atoms with Gasteiger partial charge < -0.3 is 30.2 Å². The lowest BCUT2D eigenvalue weighted by atomic mass is 9.79. The molecule has 4 aromatic rings. The Kier molecular flexibility index (Phi) is 10.7. The Hall–Kier alpha value is -4.99. The molecule has 3 fully saturated rings. The van der Waals surface area contributed by atoms with Crippen LogP contribution in [0.25, 0.3) is 22.5 Å². The number of hydrogen-bond donors (Lipinski definition) is 3. The largest absolute Gasteiger partial charge is 0.481 e. The van der Waals surface area contributed by atoms with Crippen LogP contribution >= 0.6 is 11.6 Å². The van der Waals surface area contributed by atoms with E-state index in [1.165, 1.54) is 7.11 Å². The van der Waals surface area contributed by atoms with E-state index in [4.69, 9.17) is 30.8 Å². The van der Waals surface area contributed by atoms with Gasteiger partial charge in [-0.25, -0.2) is 4.98 Å². The summed E-state index contributed by atoms with van der Waals surface area (Å²) in [5, 5.41) is 9.54. The third-order valence-corrected chi connectivity index (χ3v) is 11.7. The van der Waals surface area contributed by atoms with Crippen LogP contribution in [0.15, 0.2) is 48.7 Å². The van der Waals surface area contributed by atoms with Crippen molar-refractivity contribution in [3.63, 3.8) is 0 Å². The van der Waals surface area contributed by atoms with E-state index in [0.29, 0.717) is 98.2 Å². The Labute approximate surface area is 332 Å². The molecule has 2 amide bonds. The number of aromatic nitrogens is 3. The maximum absolute atomic E-state index is 14.7. The van der Waals surface area contributed by atoms with Crippen LogP contribution in [0.3, 0.4) is 0 Å². The summed E-state index contributed by atoms with van der Waals surface area (Å²) < 4.78 is 61.3. The van der Waals surface area contributed by atoms with Gasteiger partial charge >= 0.3 is 6.18 Å². The summed E-state index contributed by atoms with van der Waals surface area (Å²) in [7, 11) is 2.94. The molecule has 57 heavy (non-hydrogen) atoms. The highest BCUT2D eigenvalue weighted by Gasteiger charge is 2.48. The van der Waals surface area contributed by atoms with Crippen molar-refractivity contribution >= 4 is 23.4 Å². The number of methoxy groups -OCH3 is 2. The highest BCUT2D eigenvalue weighted by Crippen LogP contribution is 2.45. The van der Waals surface area contributed by atoms with Gasteiger partial charge in [0.1, 0.15) is 11.7 Å². The van der Waals surface area contributed by atoms with Crippen molar-refractivity contribution in [2.45, 2.75) is 69.9 Å². The van der Waals surface area contributed by atoms with Crippen LogP contribution in [0.1, 0.15) is 66.0 Å². The van der Waals surface area contributed by atoms with E-state index in [9.17, 15) is 22.8 Å². The van der Waals surface area contributed by atoms with Crippen LogP contribution in [0.4, 0.5) is 13.2 Å². The Balaban J connectivity index is 1.03. The van der Waals surface area contributed by atoms with Gasteiger partial charge in [-0.2, -0.15) is 18.2 Å². The van der Waals surface area contributed by atoms with Gasteiger partial charge in [-0.15, -0.1) is 0 Å².